The van der Waals surface area contributed by atoms with Gasteiger partial charge < -0.3 is 4.90 Å². The summed E-state index contributed by atoms with van der Waals surface area (Å²) >= 11 is 3.46. The van der Waals surface area contributed by atoms with Gasteiger partial charge in [-0.3, -0.25) is 9.69 Å². The minimum Gasteiger partial charge on any atom is -0.340 e. The predicted octanol–water partition coefficient (Wildman–Crippen LogP) is 2.93. The molecule has 0 radical (unpaired) electrons. The molecule has 2 aromatic rings. The third-order valence-corrected chi connectivity index (χ3v) is 6.21. The van der Waals surface area contributed by atoms with Gasteiger partial charge in [0.05, 0.1) is 10.6 Å². The van der Waals surface area contributed by atoms with Crippen molar-refractivity contribution in [2.75, 3.05) is 26.2 Å². The SMILES string of the molecule is O=C(C1CC1)N1CCN(Cc2csc(-c3cccs3)n2)CC1. The zero-order valence-corrected chi connectivity index (χ0v) is 14.0. The number of amides is 1. The van der Waals surface area contributed by atoms with Crippen molar-refractivity contribution in [2.45, 2.75) is 19.4 Å². The van der Waals surface area contributed by atoms with Gasteiger partial charge in [-0.2, -0.15) is 0 Å². The molecule has 2 fully saturated rings. The topological polar surface area (TPSA) is 36.4 Å². The Morgan fingerprint density at radius 1 is 1.23 bits per heavy atom. The van der Waals surface area contributed by atoms with Crippen LogP contribution < -0.4 is 0 Å². The lowest BCUT2D eigenvalue weighted by atomic mass is 10.2. The third kappa shape index (κ3) is 3.09. The summed E-state index contributed by atoms with van der Waals surface area (Å²) in [7, 11) is 0. The number of hydrogen-bond donors (Lipinski definition) is 0. The first-order valence-corrected chi connectivity index (χ1v) is 9.55. The molecule has 2 aromatic heterocycles. The van der Waals surface area contributed by atoms with E-state index in [-0.39, 0.29) is 0 Å². The predicted molar refractivity (Wildman–Crippen MR) is 90.0 cm³/mol. The lowest BCUT2D eigenvalue weighted by molar-refractivity contribution is -0.134. The smallest absolute Gasteiger partial charge is 0.225 e. The van der Waals surface area contributed by atoms with Crippen LogP contribution >= 0.6 is 22.7 Å². The van der Waals surface area contributed by atoms with E-state index in [0.717, 1.165) is 56.3 Å². The Labute approximate surface area is 138 Å². The van der Waals surface area contributed by atoms with Crippen molar-refractivity contribution in [3.05, 3.63) is 28.6 Å². The van der Waals surface area contributed by atoms with E-state index in [2.05, 4.69) is 27.8 Å². The molecule has 0 bridgehead atoms. The van der Waals surface area contributed by atoms with Crippen molar-refractivity contribution in [3.8, 4) is 9.88 Å². The Balaban J connectivity index is 1.32. The van der Waals surface area contributed by atoms with E-state index in [0.29, 0.717) is 11.8 Å². The van der Waals surface area contributed by atoms with E-state index in [1.807, 2.05) is 4.90 Å². The first-order valence-electron chi connectivity index (χ1n) is 7.79. The van der Waals surface area contributed by atoms with Crippen molar-refractivity contribution in [1.82, 2.24) is 14.8 Å². The summed E-state index contributed by atoms with van der Waals surface area (Å²) in [4.78, 5) is 22.5. The van der Waals surface area contributed by atoms with Crippen LogP contribution in [0, 0.1) is 5.92 Å². The van der Waals surface area contributed by atoms with E-state index in [9.17, 15) is 4.79 Å². The van der Waals surface area contributed by atoms with Gasteiger partial charge in [-0.05, 0) is 24.3 Å². The molecule has 6 heteroatoms. The fourth-order valence-corrected chi connectivity index (χ4v) is 4.46. The number of aromatic nitrogens is 1. The van der Waals surface area contributed by atoms with Gasteiger partial charge >= 0.3 is 0 Å². The summed E-state index contributed by atoms with van der Waals surface area (Å²) in [6.07, 6.45) is 2.20. The molecule has 1 aliphatic carbocycles. The molecule has 2 aliphatic rings. The molecule has 0 atom stereocenters. The zero-order chi connectivity index (χ0) is 14.9. The van der Waals surface area contributed by atoms with Crippen LogP contribution in [0.3, 0.4) is 0 Å². The number of thiophene rings is 1. The number of thiazole rings is 1. The average Bonchev–Trinajstić information content (AvgIpc) is 3.05. The van der Waals surface area contributed by atoms with Gasteiger partial charge in [0.15, 0.2) is 0 Å². The van der Waals surface area contributed by atoms with E-state index < -0.39 is 0 Å². The van der Waals surface area contributed by atoms with Crippen molar-refractivity contribution in [2.24, 2.45) is 5.92 Å². The van der Waals surface area contributed by atoms with E-state index in [4.69, 9.17) is 4.98 Å². The molecule has 0 N–H and O–H groups in total. The second-order valence-electron chi connectivity index (χ2n) is 6.00. The van der Waals surface area contributed by atoms with Gasteiger partial charge in [0.25, 0.3) is 0 Å². The number of carbonyl (C=O) groups excluding carboxylic acids is 1. The monoisotopic (exact) mass is 333 g/mol. The molecular weight excluding hydrogens is 314 g/mol. The van der Waals surface area contributed by atoms with Crippen LogP contribution in [0.25, 0.3) is 9.88 Å². The lowest BCUT2D eigenvalue weighted by Gasteiger charge is -2.34. The average molecular weight is 333 g/mol. The Kier molecular flexibility index (Phi) is 3.98. The van der Waals surface area contributed by atoms with Crippen LogP contribution in [0.1, 0.15) is 18.5 Å². The number of rotatable bonds is 4. The highest BCUT2D eigenvalue weighted by Gasteiger charge is 2.34. The highest BCUT2D eigenvalue weighted by Crippen LogP contribution is 2.31. The maximum atomic E-state index is 12.1. The number of carbonyl (C=O) groups is 1. The molecule has 22 heavy (non-hydrogen) atoms. The van der Waals surface area contributed by atoms with Crippen LogP contribution in [0.15, 0.2) is 22.9 Å². The Bertz CT molecular complexity index is 640. The Morgan fingerprint density at radius 2 is 2.05 bits per heavy atom. The van der Waals surface area contributed by atoms with Crippen LogP contribution in [0.4, 0.5) is 0 Å². The van der Waals surface area contributed by atoms with E-state index in [1.165, 1.54) is 4.88 Å². The van der Waals surface area contributed by atoms with Crippen LogP contribution in [0.2, 0.25) is 0 Å². The largest absolute Gasteiger partial charge is 0.340 e. The third-order valence-electron chi connectivity index (χ3n) is 4.28. The molecule has 0 aromatic carbocycles. The number of piperazine rings is 1. The molecule has 1 saturated carbocycles. The molecule has 4 rings (SSSR count). The molecule has 0 spiro atoms. The summed E-state index contributed by atoms with van der Waals surface area (Å²) in [5.74, 6) is 0.728. The van der Waals surface area contributed by atoms with Gasteiger partial charge in [0.1, 0.15) is 5.01 Å². The summed E-state index contributed by atoms with van der Waals surface area (Å²) in [6, 6.07) is 4.19. The summed E-state index contributed by atoms with van der Waals surface area (Å²) in [5.41, 5.74) is 1.15. The second kappa shape index (κ2) is 6.10. The van der Waals surface area contributed by atoms with Crippen LogP contribution in [0.5, 0.6) is 0 Å². The maximum absolute atomic E-state index is 12.1. The molecule has 1 saturated heterocycles. The standard InChI is InChI=1S/C16H19N3OS2/c20-16(12-3-4-12)19-7-5-18(6-8-19)10-13-11-22-15(17-13)14-2-1-9-21-14/h1-2,9,11-12H,3-8,10H2. The van der Waals surface area contributed by atoms with Gasteiger partial charge in [0, 0.05) is 44.0 Å². The fourth-order valence-electron chi connectivity index (χ4n) is 2.84. The number of nitrogens with zero attached hydrogens (tertiary/aromatic N) is 3. The van der Waals surface area contributed by atoms with Crippen molar-refractivity contribution in [1.29, 1.82) is 0 Å². The second-order valence-corrected chi connectivity index (χ2v) is 7.80. The van der Waals surface area contributed by atoms with Gasteiger partial charge in [-0.1, -0.05) is 6.07 Å². The van der Waals surface area contributed by atoms with E-state index in [1.54, 1.807) is 22.7 Å². The Hall–Kier alpha value is -1.24. The molecular formula is C16H19N3OS2. The van der Waals surface area contributed by atoms with Gasteiger partial charge in [-0.15, -0.1) is 22.7 Å². The molecule has 4 nitrogen and oxygen atoms in total. The fraction of sp³-hybridized carbons (Fsp3) is 0.500. The maximum Gasteiger partial charge on any atom is 0.225 e. The summed E-state index contributed by atoms with van der Waals surface area (Å²) in [5, 5.41) is 5.37. The lowest BCUT2D eigenvalue weighted by Crippen LogP contribution is -2.48. The molecule has 116 valence electrons. The minimum absolute atomic E-state index is 0.346. The van der Waals surface area contributed by atoms with Crippen molar-refractivity contribution >= 4 is 28.6 Å². The Morgan fingerprint density at radius 3 is 2.73 bits per heavy atom. The quantitative estimate of drug-likeness (QED) is 0.863. The molecule has 1 aliphatic heterocycles. The van der Waals surface area contributed by atoms with E-state index >= 15 is 0 Å². The van der Waals surface area contributed by atoms with Crippen LogP contribution in [-0.4, -0.2) is 46.9 Å². The van der Waals surface area contributed by atoms with Gasteiger partial charge in [0.2, 0.25) is 5.91 Å². The van der Waals surface area contributed by atoms with Crippen molar-refractivity contribution in [3.63, 3.8) is 0 Å². The first-order chi connectivity index (χ1) is 10.8. The molecule has 1 amide bonds. The van der Waals surface area contributed by atoms with Crippen LogP contribution in [-0.2, 0) is 11.3 Å². The first kappa shape index (κ1) is 14.4. The summed E-state index contributed by atoms with van der Waals surface area (Å²) < 4.78 is 0. The zero-order valence-electron chi connectivity index (χ0n) is 12.4. The summed E-state index contributed by atoms with van der Waals surface area (Å²) in [6.45, 7) is 4.57. The van der Waals surface area contributed by atoms with Gasteiger partial charge in [-0.25, -0.2) is 4.98 Å². The normalized spacial score (nSPS) is 19.5. The highest BCUT2D eigenvalue weighted by molar-refractivity contribution is 7.20. The van der Waals surface area contributed by atoms with Crippen molar-refractivity contribution < 1.29 is 4.79 Å². The highest BCUT2D eigenvalue weighted by atomic mass is 32.1. The molecule has 3 heterocycles. The minimum atomic E-state index is 0.346. The number of hydrogen-bond acceptors (Lipinski definition) is 5. The molecule has 0 unspecified atom stereocenters.